The van der Waals surface area contributed by atoms with Crippen LogP contribution >= 0.6 is 0 Å². The van der Waals surface area contributed by atoms with Gasteiger partial charge in [0.15, 0.2) is 5.52 Å². The largest absolute Gasteiger partial charge is 0.380 e. The zero-order valence-electron chi connectivity index (χ0n) is 13.3. The Balaban J connectivity index is 1.92. The molecule has 3 aromatic rings. The van der Waals surface area contributed by atoms with Crippen LogP contribution in [0.25, 0.3) is 10.9 Å². The van der Waals surface area contributed by atoms with Gasteiger partial charge in [0.2, 0.25) is 0 Å². The van der Waals surface area contributed by atoms with Crippen molar-refractivity contribution in [2.45, 2.75) is 13.5 Å². The fraction of sp³-hybridized carbons (Fsp3) is 0.118. The Morgan fingerprint density at radius 1 is 1.04 bits per heavy atom. The van der Waals surface area contributed by atoms with Crippen molar-refractivity contribution in [1.82, 2.24) is 4.98 Å². The third-order valence-corrected chi connectivity index (χ3v) is 3.77. The summed E-state index contributed by atoms with van der Waals surface area (Å²) >= 11 is 0. The molecular formula is C17H14N4O4. The minimum absolute atomic E-state index is 0.0320. The first-order valence-electron chi connectivity index (χ1n) is 7.47. The van der Waals surface area contributed by atoms with Crippen LogP contribution in [0.1, 0.15) is 11.3 Å². The van der Waals surface area contributed by atoms with Crippen molar-refractivity contribution in [3.05, 3.63) is 80.0 Å². The molecule has 2 aromatic carbocycles. The van der Waals surface area contributed by atoms with Crippen LogP contribution in [0.15, 0.2) is 48.5 Å². The normalized spacial score (nSPS) is 10.6. The number of hydrogen-bond donors (Lipinski definition) is 1. The number of nitro groups is 2. The van der Waals surface area contributed by atoms with E-state index >= 15 is 0 Å². The van der Waals surface area contributed by atoms with Gasteiger partial charge in [0.05, 0.1) is 9.85 Å². The van der Waals surface area contributed by atoms with Crippen LogP contribution in [0.5, 0.6) is 0 Å². The Bertz CT molecular complexity index is 970. The predicted molar refractivity (Wildman–Crippen MR) is 93.6 cm³/mol. The highest BCUT2D eigenvalue weighted by molar-refractivity contribution is 5.96. The van der Waals surface area contributed by atoms with Crippen LogP contribution in [0.3, 0.4) is 0 Å². The van der Waals surface area contributed by atoms with Gasteiger partial charge in [-0.1, -0.05) is 24.3 Å². The van der Waals surface area contributed by atoms with Crippen molar-refractivity contribution < 1.29 is 9.85 Å². The highest BCUT2D eigenvalue weighted by Gasteiger charge is 2.15. The number of rotatable bonds is 5. The lowest BCUT2D eigenvalue weighted by Gasteiger charge is -2.11. The summed E-state index contributed by atoms with van der Waals surface area (Å²) in [5.74, 6) is 0. The van der Waals surface area contributed by atoms with E-state index in [2.05, 4.69) is 10.3 Å². The van der Waals surface area contributed by atoms with Gasteiger partial charge in [0.25, 0.3) is 11.4 Å². The second-order valence-corrected chi connectivity index (χ2v) is 5.52. The number of pyridine rings is 1. The van der Waals surface area contributed by atoms with Crippen LogP contribution < -0.4 is 5.32 Å². The summed E-state index contributed by atoms with van der Waals surface area (Å²) in [6, 6.07) is 12.9. The molecule has 0 radical (unpaired) electrons. The van der Waals surface area contributed by atoms with Gasteiger partial charge < -0.3 is 5.32 Å². The second-order valence-electron chi connectivity index (χ2n) is 5.52. The van der Waals surface area contributed by atoms with E-state index in [1.807, 2.05) is 6.07 Å². The molecule has 0 atom stereocenters. The number of benzene rings is 2. The molecular weight excluding hydrogens is 324 g/mol. The number of nitro benzene ring substituents is 2. The van der Waals surface area contributed by atoms with Crippen LogP contribution in [-0.4, -0.2) is 14.8 Å². The number of fused-ring (bicyclic) bond motifs is 1. The minimum Gasteiger partial charge on any atom is -0.380 e. The molecule has 0 spiro atoms. The highest BCUT2D eigenvalue weighted by Crippen LogP contribution is 2.30. The number of nitrogens with one attached hydrogen (secondary N) is 1. The maximum Gasteiger partial charge on any atom is 0.295 e. The summed E-state index contributed by atoms with van der Waals surface area (Å²) in [5, 5.41) is 25.8. The molecule has 0 fully saturated rings. The van der Waals surface area contributed by atoms with Gasteiger partial charge in [-0.05, 0) is 18.6 Å². The molecule has 0 aliphatic rings. The van der Waals surface area contributed by atoms with Crippen molar-refractivity contribution >= 4 is 28.0 Å². The molecule has 0 bridgehead atoms. The second kappa shape index (κ2) is 6.52. The van der Waals surface area contributed by atoms with Crippen molar-refractivity contribution in [3.63, 3.8) is 0 Å². The Morgan fingerprint density at radius 2 is 1.76 bits per heavy atom. The fourth-order valence-corrected chi connectivity index (χ4v) is 2.59. The topological polar surface area (TPSA) is 111 Å². The number of non-ortho nitro benzene ring substituents is 2. The van der Waals surface area contributed by atoms with Crippen LogP contribution in [0, 0.1) is 27.2 Å². The molecule has 0 aliphatic carbocycles. The molecule has 1 aromatic heterocycles. The number of nitrogens with zero attached hydrogens (tertiary/aromatic N) is 3. The van der Waals surface area contributed by atoms with E-state index in [0.29, 0.717) is 23.1 Å². The summed E-state index contributed by atoms with van der Waals surface area (Å²) in [6.45, 7) is 2.20. The summed E-state index contributed by atoms with van der Waals surface area (Å²) in [6.07, 6.45) is 0. The molecule has 8 nitrogen and oxygen atoms in total. The smallest absolute Gasteiger partial charge is 0.295 e. The van der Waals surface area contributed by atoms with Crippen molar-refractivity contribution in [1.29, 1.82) is 0 Å². The van der Waals surface area contributed by atoms with Crippen molar-refractivity contribution in [2.75, 3.05) is 5.32 Å². The quantitative estimate of drug-likeness (QED) is 0.556. The fourth-order valence-electron chi connectivity index (χ4n) is 2.59. The SMILES string of the molecule is Cc1cc(NCc2ccc([N+](=O)[O-])cc2)c2cccc([N+](=O)[O-])c2n1. The zero-order chi connectivity index (χ0) is 18.0. The number of hydrogen-bond acceptors (Lipinski definition) is 6. The van der Waals surface area contributed by atoms with Gasteiger partial charge in [-0.25, -0.2) is 4.98 Å². The first-order chi connectivity index (χ1) is 12.0. The number of anilines is 1. The first-order valence-corrected chi connectivity index (χ1v) is 7.47. The number of aromatic nitrogens is 1. The van der Waals surface area contributed by atoms with Crippen LogP contribution in [0.2, 0.25) is 0 Å². The van der Waals surface area contributed by atoms with Gasteiger partial charge in [-0.3, -0.25) is 20.2 Å². The third-order valence-electron chi connectivity index (χ3n) is 3.77. The summed E-state index contributed by atoms with van der Waals surface area (Å²) in [7, 11) is 0. The van der Waals surface area contributed by atoms with Crippen molar-refractivity contribution in [3.8, 4) is 0 Å². The van der Waals surface area contributed by atoms with Gasteiger partial charge in [-0.2, -0.15) is 0 Å². The summed E-state index contributed by atoms with van der Waals surface area (Å²) < 4.78 is 0. The first kappa shape index (κ1) is 16.3. The van der Waals surface area contributed by atoms with Gasteiger partial charge >= 0.3 is 0 Å². The van der Waals surface area contributed by atoms with E-state index in [1.165, 1.54) is 18.2 Å². The molecule has 0 aliphatic heterocycles. The predicted octanol–water partition coefficient (Wildman–Crippen LogP) is 3.97. The number of aryl methyl sites for hydroxylation is 1. The van der Waals surface area contributed by atoms with Gasteiger partial charge in [0, 0.05) is 41.5 Å². The molecule has 0 saturated heterocycles. The standard InChI is InChI=1S/C17H14N4O4/c1-11-9-15(14-3-2-4-16(21(24)25)17(14)19-11)18-10-12-5-7-13(8-6-12)20(22)23/h2-9H,10H2,1H3,(H,18,19). The molecule has 0 amide bonds. The van der Waals surface area contributed by atoms with Gasteiger partial charge in [0.1, 0.15) is 0 Å². The number of para-hydroxylation sites is 1. The van der Waals surface area contributed by atoms with Crippen LogP contribution in [-0.2, 0) is 6.54 Å². The van der Waals surface area contributed by atoms with E-state index in [0.717, 1.165) is 11.3 Å². The molecule has 8 heteroatoms. The van der Waals surface area contributed by atoms with Gasteiger partial charge in [-0.15, -0.1) is 0 Å². The minimum atomic E-state index is -0.450. The van der Waals surface area contributed by atoms with E-state index in [4.69, 9.17) is 0 Å². The Hall–Kier alpha value is -3.55. The lowest BCUT2D eigenvalue weighted by Crippen LogP contribution is -2.02. The zero-order valence-corrected chi connectivity index (χ0v) is 13.3. The highest BCUT2D eigenvalue weighted by atomic mass is 16.6. The maximum absolute atomic E-state index is 11.2. The van der Waals surface area contributed by atoms with Crippen LogP contribution in [0.4, 0.5) is 17.1 Å². The lowest BCUT2D eigenvalue weighted by molar-refractivity contribution is -0.384. The summed E-state index contributed by atoms with van der Waals surface area (Å²) in [5.41, 5.74) is 2.57. The molecule has 1 heterocycles. The Labute approximate surface area is 142 Å². The maximum atomic E-state index is 11.2. The average Bonchev–Trinajstić information content (AvgIpc) is 2.59. The Morgan fingerprint density at radius 3 is 2.40 bits per heavy atom. The van der Waals surface area contributed by atoms with E-state index < -0.39 is 9.85 Å². The molecule has 0 saturated carbocycles. The average molecular weight is 338 g/mol. The lowest BCUT2D eigenvalue weighted by atomic mass is 10.1. The van der Waals surface area contributed by atoms with Crippen molar-refractivity contribution in [2.24, 2.45) is 0 Å². The molecule has 0 unspecified atom stereocenters. The third kappa shape index (κ3) is 3.37. The summed E-state index contributed by atoms with van der Waals surface area (Å²) in [4.78, 5) is 25.3. The molecule has 126 valence electrons. The monoisotopic (exact) mass is 338 g/mol. The molecule has 25 heavy (non-hydrogen) atoms. The Kier molecular flexibility index (Phi) is 4.25. The van der Waals surface area contributed by atoms with E-state index in [9.17, 15) is 20.2 Å². The molecule has 1 N–H and O–H groups in total. The van der Waals surface area contributed by atoms with E-state index in [1.54, 1.807) is 31.2 Å². The molecule has 3 rings (SSSR count). The van der Waals surface area contributed by atoms with E-state index in [-0.39, 0.29) is 11.4 Å².